The molecule has 1 N–H and O–H groups in total. The molecule has 1 aromatic carbocycles. The summed E-state index contributed by atoms with van der Waals surface area (Å²) in [5, 5.41) is 3.82. The fourth-order valence-corrected chi connectivity index (χ4v) is 4.36. The number of amides is 2. The molecule has 0 aliphatic heterocycles. The van der Waals surface area contributed by atoms with Crippen molar-refractivity contribution in [3.05, 3.63) is 40.4 Å². The Balaban J connectivity index is 1.97. The van der Waals surface area contributed by atoms with Crippen LogP contribution in [0.1, 0.15) is 64.7 Å². The minimum Gasteiger partial charge on any atom is -0.383 e. The van der Waals surface area contributed by atoms with Gasteiger partial charge in [-0.3, -0.25) is 9.36 Å². The van der Waals surface area contributed by atoms with Crippen molar-refractivity contribution < 1.29 is 9.53 Å². The van der Waals surface area contributed by atoms with Crippen molar-refractivity contribution in [2.45, 2.75) is 71.5 Å². The van der Waals surface area contributed by atoms with Gasteiger partial charge in [0.05, 0.1) is 30.1 Å². The molecule has 1 aliphatic carbocycles. The first-order valence-electron chi connectivity index (χ1n) is 11.5. The SMILES string of the molecule is COCCn1c(C(C)N(CC(C)C)C(=O)NC2CCCCC2)nc2ccccc2c1=O. The van der Waals surface area contributed by atoms with Gasteiger partial charge in [0.1, 0.15) is 5.82 Å². The van der Waals surface area contributed by atoms with E-state index in [2.05, 4.69) is 19.2 Å². The third kappa shape index (κ3) is 5.64. The molecule has 1 heterocycles. The van der Waals surface area contributed by atoms with Crippen LogP contribution < -0.4 is 10.9 Å². The Morgan fingerprint density at radius 3 is 2.61 bits per heavy atom. The van der Waals surface area contributed by atoms with Crippen molar-refractivity contribution in [3.8, 4) is 0 Å². The second kappa shape index (κ2) is 10.8. The number of fused-ring (bicyclic) bond motifs is 1. The number of ether oxygens (including phenoxy) is 1. The van der Waals surface area contributed by atoms with Crippen molar-refractivity contribution >= 4 is 16.9 Å². The summed E-state index contributed by atoms with van der Waals surface area (Å²) in [5.41, 5.74) is 0.557. The van der Waals surface area contributed by atoms with E-state index in [4.69, 9.17) is 9.72 Å². The molecule has 1 aromatic heterocycles. The summed E-state index contributed by atoms with van der Waals surface area (Å²) < 4.78 is 6.90. The topological polar surface area (TPSA) is 76.5 Å². The lowest BCUT2D eigenvalue weighted by molar-refractivity contribution is 0.155. The second-order valence-electron chi connectivity index (χ2n) is 8.94. The van der Waals surface area contributed by atoms with Gasteiger partial charge < -0.3 is 15.0 Å². The molecule has 2 amide bonds. The van der Waals surface area contributed by atoms with E-state index in [1.165, 1.54) is 6.42 Å². The van der Waals surface area contributed by atoms with Gasteiger partial charge in [0.15, 0.2) is 0 Å². The molecular weight excluding hydrogens is 392 g/mol. The van der Waals surface area contributed by atoms with Crippen molar-refractivity contribution in [1.82, 2.24) is 19.8 Å². The van der Waals surface area contributed by atoms with Gasteiger partial charge in [0.25, 0.3) is 5.56 Å². The minimum atomic E-state index is -0.347. The number of nitrogens with one attached hydrogen (secondary N) is 1. The van der Waals surface area contributed by atoms with E-state index in [1.807, 2.05) is 30.0 Å². The number of benzene rings is 1. The lowest BCUT2D eigenvalue weighted by Crippen LogP contribution is -2.48. The number of carbonyl (C=O) groups excluding carboxylic acids is 1. The third-order valence-corrected chi connectivity index (χ3v) is 6.01. The molecule has 2 aromatic rings. The predicted octanol–water partition coefficient (Wildman–Crippen LogP) is 4.10. The molecule has 0 radical (unpaired) electrons. The van der Waals surface area contributed by atoms with Crippen LogP contribution in [-0.4, -0.2) is 46.8 Å². The van der Waals surface area contributed by atoms with E-state index in [-0.39, 0.29) is 23.7 Å². The lowest BCUT2D eigenvalue weighted by Gasteiger charge is -2.34. The Hall–Kier alpha value is -2.41. The van der Waals surface area contributed by atoms with Gasteiger partial charge >= 0.3 is 6.03 Å². The van der Waals surface area contributed by atoms with Gasteiger partial charge in [0, 0.05) is 19.7 Å². The standard InChI is InChI=1S/C24H36N4O3/c1-17(2)16-28(24(30)25-19-10-6-5-7-11-19)18(3)22-26-21-13-9-8-12-20(21)23(29)27(22)14-15-31-4/h8-9,12-13,17-19H,5-7,10-11,14-16H2,1-4H3,(H,25,30). The first kappa shape index (κ1) is 23.3. The van der Waals surface area contributed by atoms with E-state index in [0.717, 1.165) is 25.7 Å². The van der Waals surface area contributed by atoms with Crippen LogP contribution in [0.2, 0.25) is 0 Å². The number of hydrogen-bond donors (Lipinski definition) is 1. The number of methoxy groups -OCH3 is 1. The Labute approximate surface area is 184 Å². The Morgan fingerprint density at radius 2 is 1.94 bits per heavy atom. The van der Waals surface area contributed by atoms with Crippen molar-refractivity contribution in [2.75, 3.05) is 20.3 Å². The maximum atomic E-state index is 13.3. The average molecular weight is 429 g/mol. The maximum Gasteiger partial charge on any atom is 0.318 e. The molecule has 7 heteroatoms. The quantitative estimate of drug-likeness (QED) is 0.687. The number of para-hydroxylation sites is 1. The molecule has 31 heavy (non-hydrogen) atoms. The Morgan fingerprint density at radius 1 is 1.23 bits per heavy atom. The fraction of sp³-hybridized carbons (Fsp3) is 0.625. The predicted molar refractivity (Wildman–Crippen MR) is 123 cm³/mol. The van der Waals surface area contributed by atoms with Crippen LogP contribution in [0.4, 0.5) is 4.79 Å². The monoisotopic (exact) mass is 428 g/mol. The summed E-state index contributed by atoms with van der Waals surface area (Å²) in [6, 6.07) is 7.17. The second-order valence-corrected chi connectivity index (χ2v) is 8.94. The van der Waals surface area contributed by atoms with Gasteiger partial charge in [-0.05, 0) is 37.8 Å². The Bertz CT molecular complexity index is 934. The fourth-order valence-electron chi connectivity index (χ4n) is 4.36. The third-order valence-electron chi connectivity index (χ3n) is 6.01. The lowest BCUT2D eigenvalue weighted by atomic mass is 9.96. The van der Waals surface area contributed by atoms with Crippen LogP contribution in [-0.2, 0) is 11.3 Å². The van der Waals surface area contributed by atoms with Gasteiger partial charge in [-0.2, -0.15) is 0 Å². The average Bonchev–Trinajstić information content (AvgIpc) is 2.77. The Kier molecular flexibility index (Phi) is 8.07. The van der Waals surface area contributed by atoms with Crippen molar-refractivity contribution in [1.29, 1.82) is 0 Å². The van der Waals surface area contributed by atoms with Crippen LogP contribution in [0.5, 0.6) is 0 Å². The zero-order chi connectivity index (χ0) is 22.4. The van der Waals surface area contributed by atoms with Gasteiger partial charge in [-0.25, -0.2) is 9.78 Å². The van der Waals surface area contributed by atoms with E-state index in [9.17, 15) is 9.59 Å². The molecule has 1 aliphatic rings. The zero-order valence-corrected chi connectivity index (χ0v) is 19.3. The molecule has 1 fully saturated rings. The summed E-state index contributed by atoms with van der Waals surface area (Å²) >= 11 is 0. The van der Waals surface area contributed by atoms with Crippen LogP contribution in [0.15, 0.2) is 29.1 Å². The van der Waals surface area contributed by atoms with E-state index < -0.39 is 0 Å². The highest BCUT2D eigenvalue weighted by molar-refractivity contribution is 5.78. The summed E-state index contributed by atoms with van der Waals surface area (Å²) in [5.74, 6) is 0.888. The van der Waals surface area contributed by atoms with Gasteiger partial charge in [-0.1, -0.05) is 45.2 Å². The van der Waals surface area contributed by atoms with Crippen LogP contribution in [0.25, 0.3) is 10.9 Å². The molecule has 3 rings (SSSR count). The van der Waals surface area contributed by atoms with E-state index in [0.29, 0.717) is 42.3 Å². The summed E-state index contributed by atoms with van der Waals surface area (Å²) in [4.78, 5) is 33.2. The maximum absolute atomic E-state index is 13.3. The smallest absolute Gasteiger partial charge is 0.318 e. The number of urea groups is 1. The number of aromatic nitrogens is 2. The molecule has 1 unspecified atom stereocenters. The molecule has 1 atom stereocenters. The van der Waals surface area contributed by atoms with E-state index >= 15 is 0 Å². The molecule has 170 valence electrons. The van der Waals surface area contributed by atoms with Crippen molar-refractivity contribution in [2.24, 2.45) is 5.92 Å². The first-order chi connectivity index (χ1) is 14.9. The highest BCUT2D eigenvalue weighted by Crippen LogP contribution is 2.23. The van der Waals surface area contributed by atoms with Crippen molar-refractivity contribution in [3.63, 3.8) is 0 Å². The molecule has 0 spiro atoms. The molecule has 1 saturated carbocycles. The summed E-state index contributed by atoms with van der Waals surface area (Å²) in [6.45, 7) is 7.54. The zero-order valence-electron chi connectivity index (χ0n) is 19.3. The number of carbonyl (C=O) groups is 1. The normalized spacial score (nSPS) is 15.9. The van der Waals surface area contributed by atoms with Crippen LogP contribution in [0.3, 0.4) is 0 Å². The molecule has 7 nitrogen and oxygen atoms in total. The summed E-state index contributed by atoms with van der Waals surface area (Å²) in [7, 11) is 1.62. The van der Waals surface area contributed by atoms with Gasteiger partial charge in [0.2, 0.25) is 0 Å². The highest BCUT2D eigenvalue weighted by Gasteiger charge is 2.28. The van der Waals surface area contributed by atoms with E-state index in [1.54, 1.807) is 17.7 Å². The molecular formula is C24H36N4O3. The van der Waals surface area contributed by atoms with Gasteiger partial charge in [-0.15, -0.1) is 0 Å². The number of rotatable bonds is 8. The first-order valence-corrected chi connectivity index (χ1v) is 11.5. The van der Waals surface area contributed by atoms with Crippen LogP contribution >= 0.6 is 0 Å². The van der Waals surface area contributed by atoms with Crippen LogP contribution in [0, 0.1) is 5.92 Å². The number of nitrogens with zero attached hydrogens (tertiary/aromatic N) is 3. The molecule has 0 saturated heterocycles. The number of hydrogen-bond acceptors (Lipinski definition) is 4. The highest BCUT2D eigenvalue weighted by atomic mass is 16.5. The largest absolute Gasteiger partial charge is 0.383 e. The molecule has 0 bridgehead atoms. The summed E-state index contributed by atoms with van der Waals surface area (Å²) in [6.07, 6.45) is 5.62. The minimum absolute atomic E-state index is 0.0752.